The lowest BCUT2D eigenvalue weighted by Gasteiger charge is -2.18. The number of rotatable bonds is 8. The molecular formula is C19H37N3OS. The topological polar surface area (TPSA) is 45.7 Å². The molecule has 2 aliphatic rings. The summed E-state index contributed by atoms with van der Waals surface area (Å²) in [5.41, 5.74) is 0. The molecule has 2 saturated carbocycles. The van der Waals surface area contributed by atoms with E-state index in [0.29, 0.717) is 12.1 Å². The Morgan fingerprint density at radius 3 is 2.54 bits per heavy atom. The van der Waals surface area contributed by atoms with Crippen LogP contribution in [0.25, 0.3) is 0 Å². The van der Waals surface area contributed by atoms with E-state index in [9.17, 15) is 0 Å². The zero-order chi connectivity index (χ0) is 17.0. The number of unbranched alkanes of at least 4 members (excludes halogenated alkanes) is 1. The Hall–Kier alpha value is -0.420. The summed E-state index contributed by atoms with van der Waals surface area (Å²) in [7, 11) is 1.87. The third kappa shape index (κ3) is 7.64. The van der Waals surface area contributed by atoms with Crippen molar-refractivity contribution in [1.29, 1.82) is 0 Å². The molecule has 2 fully saturated rings. The highest BCUT2D eigenvalue weighted by Gasteiger charge is 2.24. The zero-order valence-corrected chi connectivity index (χ0v) is 16.5. The van der Waals surface area contributed by atoms with Crippen LogP contribution < -0.4 is 10.6 Å². The molecular weight excluding hydrogens is 318 g/mol. The fourth-order valence-electron chi connectivity index (χ4n) is 3.77. The van der Waals surface area contributed by atoms with Crippen molar-refractivity contribution < 1.29 is 4.74 Å². The fraction of sp³-hybridized carbons (Fsp3) is 0.947. The van der Waals surface area contributed by atoms with Crippen LogP contribution >= 0.6 is 11.8 Å². The van der Waals surface area contributed by atoms with Crippen molar-refractivity contribution in [3.63, 3.8) is 0 Å². The molecule has 4 nitrogen and oxygen atoms in total. The van der Waals surface area contributed by atoms with Gasteiger partial charge in [-0.1, -0.05) is 25.7 Å². The number of guanidine groups is 1. The van der Waals surface area contributed by atoms with Crippen LogP contribution in [0.1, 0.15) is 70.6 Å². The van der Waals surface area contributed by atoms with Gasteiger partial charge in [0.25, 0.3) is 0 Å². The van der Waals surface area contributed by atoms with E-state index in [4.69, 9.17) is 4.74 Å². The van der Waals surface area contributed by atoms with Gasteiger partial charge in [0.1, 0.15) is 0 Å². The van der Waals surface area contributed by atoms with Crippen molar-refractivity contribution in [3.05, 3.63) is 0 Å². The number of nitrogens with one attached hydrogen (secondary N) is 2. The van der Waals surface area contributed by atoms with Gasteiger partial charge >= 0.3 is 0 Å². The van der Waals surface area contributed by atoms with Crippen molar-refractivity contribution in [1.82, 2.24) is 10.6 Å². The number of hydrogen-bond acceptors (Lipinski definition) is 3. The Morgan fingerprint density at radius 1 is 1.08 bits per heavy atom. The molecule has 24 heavy (non-hydrogen) atoms. The molecule has 2 atom stereocenters. The van der Waals surface area contributed by atoms with Gasteiger partial charge < -0.3 is 15.4 Å². The number of hydrogen-bond donors (Lipinski definition) is 2. The Balaban J connectivity index is 1.49. The van der Waals surface area contributed by atoms with Gasteiger partial charge in [0.15, 0.2) is 5.96 Å². The molecule has 0 amide bonds. The summed E-state index contributed by atoms with van der Waals surface area (Å²) in [5.74, 6) is 0.964. The minimum Gasteiger partial charge on any atom is -0.378 e. The van der Waals surface area contributed by atoms with Gasteiger partial charge in [0, 0.05) is 31.5 Å². The smallest absolute Gasteiger partial charge is 0.191 e. The van der Waals surface area contributed by atoms with E-state index in [1.54, 1.807) is 0 Å². The molecule has 0 aliphatic heterocycles. The van der Waals surface area contributed by atoms with E-state index in [1.165, 1.54) is 57.8 Å². The lowest BCUT2D eigenvalue weighted by atomic mass is 10.1. The number of thioether (sulfide) groups is 1. The average molecular weight is 356 g/mol. The Bertz CT molecular complexity index is 357. The minimum absolute atomic E-state index is 0.529. The van der Waals surface area contributed by atoms with E-state index in [0.717, 1.165) is 37.2 Å². The Labute approximate surface area is 153 Å². The summed E-state index contributed by atoms with van der Waals surface area (Å²) in [4.78, 5) is 4.36. The summed E-state index contributed by atoms with van der Waals surface area (Å²) >= 11 is 2.00. The van der Waals surface area contributed by atoms with E-state index in [-0.39, 0.29) is 0 Å². The average Bonchev–Trinajstić information content (AvgIpc) is 2.90. The second-order valence-electron chi connectivity index (χ2n) is 7.20. The zero-order valence-electron chi connectivity index (χ0n) is 15.7. The molecule has 0 spiro atoms. The van der Waals surface area contributed by atoms with Gasteiger partial charge in [-0.05, 0) is 51.2 Å². The van der Waals surface area contributed by atoms with Gasteiger partial charge in [-0.2, -0.15) is 11.8 Å². The summed E-state index contributed by atoms with van der Waals surface area (Å²) in [5, 5.41) is 7.85. The van der Waals surface area contributed by atoms with Crippen LogP contribution in [0.4, 0.5) is 0 Å². The maximum atomic E-state index is 6.05. The highest BCUT2D eigenvalue weighted by molar-refractivity contribution is 7.99. The number of nitrogens with zero attached hydrogens (tertiary/aromatic N) is 1. The highest BCUT2D eigenvalue weighted by Crippen LogP contribution is 2.28. The van der Waals surface area contributed by atoms with Crippen molar-refractivity contribution >= 4 is 17.7 Å². The van der Waals surface area contributed by atoms with Gasteiger partial charge in [0.2, 0.25) is 0 Å². The van der Waals surface area contributed by atoms with E-state index >= 15 is 0 Å². The molecule has 0 bridgehead atoms. The van der Waals surface area contributed by atoms with Crippen LogP contribution in [0.15, 0.2) is 4.99 Å². The largest absolute Gasteiger partial charge is 0.378 e. The summed E-state index contributed by atoms with van der Waals surface area (Å²) in [6, 6.07) is 0.590. The van der Waals surface area contributed by atoms with Gasteiger partial charge in [-0.3, -0.25) is 4.99 Å². The quantitative estimate of drug-likeness (QED) is 0.299. The predicted molar refractivity (Wildman–Crippen MR) is 106 cm³/mol. The van der Waals surface area contributed by atoms with Crippen LogP contribution in [0.2, 0.25) is 0 Å². The maximum absolute atomic E-state index is 6.05. The molecule has 0 heterocycles. The minimum atomic E-state index is 0.529. The molecule has 5 heteroatoms. The normalized spacial score (nSPS) is 26.3. The van der Waals surface area contributed by atoms with Gasteiger partial charge in [-0.25, -0.2) is 0 Å². The van der Waals surface area contributed by atoms with Crippen LogP contribution in [-0.4, -0.2) is 49.8 Å². The summed E-state index contributed by atoms with van der Waals surface area (Å²) < 4.78 is 6.05. The molecule has 2 N–H and O–H groups in total. The first kappa shape index (κ1) is 19.9. The highest BCUT2D eigenvalue weighted by atomic mass is 32.2. The molecule has 2 unspecified atom stereocenters. The third-order valence-corrected chi connectivity index (χ3v) is 6.40. The molecule has 140 valence electrons. The van der Waals surface area contributed by atoms with Crippen LogP contribution in [0, 0.1) is 0 Å². The van der Waals surface area contributed by atoms with Gasteiger partial charge in [0.05, 0.1) is 6.10 Å². The second kappa shape index (κ2) is 12.0. The number of aliphatic imine (C=N–C) groups is 1. The standard InChI is InChI=1S/C19H37N3OS/c1-20-19(22-16-11-12-18(15-16)24-2)21-13-7-8-14-23-17-9-5-3-4-6-10-17/h16-18H,3-15H2,1-2H3,(H2,20,21,22). The maximum Gasteiger partial charge on any atom is 0.191 e. The molecule has 2 aliphatic carbocycles. The van der Waals surface area contributed by atoms with E-state index in [1.807, 2.05) is 18.8 Å². The van der Waals surface area contributed by atoms with E-state index < -0.39 is 0 Å². The lowest BCUT2D eigenvalue weighted by molar-refractivity contribution is 0.0411. The first-order valence-corrected chi connectivity index (χ1v) is 11.2. The van der Waals surface area contributed by atoms with Crippen molar-refractivity contribution in [2.75, 3.05) is 26.5 Å². The van der Waals surface area contributed by atoms with Gasteiger partial charge in [-0.15, -0.1) is 0 Å². The SMILES string of the molecule is CN=C(NCCCCOC1CCCCCC1)NC1CCC(SC)C1. The van der Waals surface area contributed by atoms with Crippen molar-refractivity contribution in [3.8, 4) is 0 Å². The van der Waals surface area contributed by atoms with Crippen molar-refractivity contribution in [2.45, 2.75) is 88.0 Å². The Morgan fingerprint density at radius 2 is 1.88 bits per heavy atom. The van der Waals surface area contributed by atoms with E-state index in [2.05, 4.69) is 21.9 Å². The molecule has 0 radical (unpaired) electrons. The van der Waals surface area contributed by atoms with Crippen molar-refractivity contribution in [2.24, 2.45) is 4.99 Å². The fourth-order valence-corrected chi connectivity index (χ4v) is 4.56. The molecule has 2 rings (SSSR count). The monoisotopic (exact) mass is 355 g/mol. The Kier molecular flexibility index (Phi) is 9.96. The predicted octanol–water partition coefficient (Wildman–Crippen LogP) is 3.96. The van der Waals surface area contributed by atoms with Crippen LogP contribution in [0.3, 0.4) is 0 Å². The molecule has 0 aromatic heterocycles. The third-order valence-electron chi connectivity index (χ3n) is 5.30. The first-order chi connectivity index (χ1) is 11.8. The summed E-state index contributed by atoms with van der Waals surface area (Å²) in [6.07, 6.45) is 16.9. The molecule has 0 aromatic rings. The van der Waals surface area contributed by atoms with Crippen LogP contribution in [0.5, 0.6) is 0 Å². The summed E-state index contributed by atoms with van der Waals surface area (Å²) in [6.45, 7) is 1.89. The second-order valence-corrected chi connectivity index (χ2v) is 8.34. The first-order valence-electron chi connectivity index (χ1n) is 9.93. The molecule has 0 aromatic carbocycles. The lowest BCUT2D eigenvalue weighted by Crippen LogP contribution is -2.42. The molecule has 0 saturated heterocycles. The number of ether oxygens (including phenoxy) is 1. The van der Waals surface area contributed by atoms with Crippen LogP contribution in [-0.2, 0) is 4.74 Å².